The van der Waals surface area contributed by atoms with Crippen LogP contribution < -0.4 is 4.74 Å². The smallest absolute Gasteiger partial charge is 0.311 e. The van der Waals surface area contributed by atoms with E-state index in [9.17, 15) is 4.79 Å². The maximum absolute atomic E-state index is 12.4. The van der Waals surface area contributed by atoms with Crippen LogP contribution in [0.25, 0.3) is 0 Å². The third kappa shape index (κ3) is 12.8. The molecule has 2 rings (SSSR count). The van der Waals surface area contributed by atoms with Crippen molar-refractivity contribution in [2.45, 2.75) is 90.7 Å². The summed E-state index contributed by atoms with van der Waals surface area (Å²) in [6.45, 7) is 6.25. The number of hydrogen-bond acceptors (Lipinski definition) is 3. The molecule has 194 valence electrons. The van der Waals surface area contributed by atoms with Crippen molar-refractivity contribution in [2.24, 2.45) is 0 Å². The van der Waals surface area contributed by atoms with Gasteiger partial charge in [-0.15, -0.1) is 0 Å². The molecule has 1 unspecified atom stereocenters. The molecule has 0 aliphatic carbocycles. The number of nitrogens with zero attached hydrogens (tertiary/aromatic N) is 1. The predicted octanol–water partition coefficient (Wildman–Crippen LogP) is 7.35. The Balaban J connectivity index is 1.66. The normalized spacial score (nSPS) is 12.3. The van der Waals surface area contributed by atoms with E-state index < -0.39 is 0 Å². The summed E-state index contributed by atoms with van der Waals surface area (Å²) in [6.07, 6.45) is 11.5. The highest BCUT2D eigenvalue weighted by molar-refractivity contribution is 5.69. The summed E-state index contributed by atoms with van der Waals surface area (Å²) in [7, 11) is 4.30. The first kappa shape index (κ1) is 28.9. The number of benzene rings is 2. The highest BCUT2D eigenvalue weighted by Crippen LogP contribution is 2.18. The number of quaternary nitrogens is 1. The Kier molecular flexibility index (Phi) is 13.5. The fraction of sp³-hybridized carbons (Fsp3) is 0.581. The second-order valence-corrected chi connectivity index (χ2v) is 10.4. The van der Waals surface area contributed by atoms with Gasteiger partial charge in [-0.05, 0) is 37.0 Å². The largest absolute Gasteiger partial charge is 0.487 e. The van der Waals surface area contributed by atoms with Crippen LogP contribution in [0.3, 0.4) is 0 Å². The lowest BCUT2D eigenvalue weighted by Gasteiger charge is -2.29. The van der Waals surface area contributed by atoms with Gasteiger partial charge in [0.15, 0.2) is 0 Å². The molecule has 4 heteroatoms. The topological polar surface area (TPSA) is 35.5 Å². The van der Waals surface area contributed by atoms with Crippen LogP contribution in [0.4, 0.5) is 0 Å². The summed E-state index contributed by atoms with van der Waals surface area (Å²) >= 11 is 0. The second-order valence-electron chi connectivity index (χ2n) is 10.4. The van der Waals surface area contributed by atoms with E-state index in [0.717, 1.165) is 36.2 Å². The molecule has 0 fully saturated rings. The van der Waals surface area contributed by atoms with Crippen LogP contribution >= 0.6 is 0 Å². The van der Waals surface area contributed by atoms with Gasteiger partial charge in [-0.3, -0.25) is 4.79 Å². The molecule has 0 spiro atoms. The van der Waals surface area contributed by atoms with Crippen LogP contribution in [0.5, 0.6) is 5.75 Å². The summed E-state index contributed by atoms with van der Waals surface area (Å²) in [6, 6.07) is 18.8. The number of esters is 1. The number of aryl methyl sites for hydroxylation is 1. The fourth-order valence-electron chi connectivity index (χ4n) is 4.26. The van der Waals surface area contributed by atoms with Crippen molar-refractivity contribution in [3.63, 3.8) is 0 Å². The van der Waals surface area contributed by atoms with Crippen LogP contribution in [0.2, 0.25) is 0 Å². The number of ether oxygens (including phenoxy) is 2. The molecule has 4 nitrogen and oxygen atoms in total. The SMILES string of the molecule is CCCCCCCCCc1ccc(OC(CC)COC(=O)CC[N+](C)(C)Cc2ccccc2)cc1. The molecule has 0 saturated heterocycles. The van der Waals surface area contributed by atoms with Gasteiger partial charge in [0.2, 0.25) is 0 Å². The maximum atomic E-state index is 12.4. The Morgan fingerprint density at radius 3 is 2.14 bits per heavy atom. The lowest BCUT2D eigenvalue weighted by molar-refractivity contribution is -0.903. The molecule has 0 N–H and O–H groups in total. The zero-order chi connectivity index (χ0) is 25.4. The van der Waals surface area contributed by atoms with Gasteiger partial charge in [-0.1, -0.05) is 94.8 Å². The van der Waals surface area contributed by atoms with E-state index in [1.807, 2.05) is 18.2 Å². The molecule has 0 aliphatic rings. The highest BCUT2D eigenvalue weighted by atomic mass is 16.6. The first-order valence-corrected chi connectivity index (χ1v) is 13.7. The minimum absolute atomic E-state index is 0.125. The van der Waals surface area contributed by atoms with Crippen molar-refractivity contribution in [3.8, 4) is 5.75 Å². The Labute approximate surface area is 214 Å². The number of carbonyl (C=O) groups is 1. The van der Waals surface area contributed by atoms with Gasteiger partial charge in [0, 0.05) is 5.56 Å². The summed E-state index contributed by atoms with van der Waals surface area (Å²) < 4.78 is 12.4. The average Bonchev–Trinajstić information content (AvgIpc) is 2.86. The van der Waals surface area contributed by atoms with Crippen LogP contribution in [0, 0.1) is 0 Å². The zero-order valence-corrected chi connectivity index (χ0v) is 22.6. The van der Waals surface area contributed by atoms with Crippen molar-refractivity contribution in [2.75, 3.05) is 27.2 Å². The lowest BCUT2D eigenvalue weighted by Crippen LogP contribution is -2.40. The standard InChI is InChI=1S/C31H48NO3/c1-5-7-8-9-10-11-13-16-27-19-21-30(22-20-27)35-29(6-2)26-34-31(33)23-24-32(3,4)25-28-17-14-12-15-18-28/h12,14-15,17-22,29H,5-11,13,16,23-26H2,1-4H3/q+1. The van der Waals surface area contributed by atoms with Crippen molar-refractivity contribution in [3.05, 3.63) is 65.7 Å². The van der Waals surface area contributed by atoms with Crippen LogP contribution in [-0.4, -0.2) is 43.8 Å². The fourth-order valence-corrected chi connectivity index (χ4v) is 4.26. The van der Waals surface area contributed by atoms with Gasteiger partial charge in [-0.25, -0.2) is 0 Å². The minimum atomic E-state index is -0.156. The molecule has 0 aromatic heterocycles. The summed E-state index contributed by atoms with van der Waals surface area (Å²) in [5.74, 6) is 0.688. The molecule has 0 radical (unpaired) electrons. The van der Waals surface area contributed by atoms with E-state index in [1.165, 1.54) is 56.1 Å². The molecule has 0 saturated carbocycles. The Morgan fingerprint density at radius 1 is 0.829 bits per heavy atom. The van der Waals surface area contributed by atoms with Crippen molar-refractivity contribution in [1.29, 1.82) is 0 Å². The van der Waals surface area contributed by atoms with E-state index in [4.69, 9.17) is 9.47 Å². The minimum Gasteiger partial charge on any atom is -0.487 e. The van der Waals surface area contributed by atoms with E-state index in [-0.39, 0.29) is 12.1 Å². The summed E-state index contributed by atoms with van der Waals surface area (Å²) in [4.78, 5) is 12.4. The van der Waals surface area contributed by atoms with E-state index in [1.54, 1.807) is 0 Å². The highest BCUT2D eigenvalue weighted by Gasteiger charge is 2.19. The molecule has 0 aliphatic heterocycles. The number of hydrogen-bond donors (Lipinski definition) is 0. The molecule has 0 bridgehead atoms. The molecule has 35 heavy (non-hydrogen) atoms. The van der Waals surface area contributed by atoms with Crippen molar-refractivity contribution >= 4 is 5.97 Å². The van der Waals surface area contributed by atoms with Gasteiger partial charge in [0.25, 0.3) is 0 Å². The Bertz CT molecular complexity index is 817. The summed E-state index contributed by atoms with van der Waals surface area (Å²) in [5, 5.41) is 0. The predicted molar refractivity (Wildman–Crippen MR) is 146 cm³/mol. The Morgan fingerprint density at radius 2 is 1.49 bits per heavy atom. The van der Waals surface area contributed by atoms with Gasteiger partial charge >= 0.3 is 5.97 Å². The molecule has 0 heterocycles. The van der Waals surface area contributed by atoms with E-state index in [2.05, 4.69) is 64.3 Å². The molecule has 2 aromatic carbocycles. The third-order valence-corrected chi connectivity index (χ3v) is 6.56. The van der Waals surface area contributed by atoms with E-state index in [0.29, 0.717) is 13.0 Å². The average molecular weight is 483 g/mol. The lowest BCUT2D eigenvalue weighted by atomic mass is 10.0. The van der Waals surface area contributed by atoms with Crippen molar-refractivity contribution in [1.82, 2.24) is 0 Å². The first-order valence-electron chi connectivity index (χ1n) is 13.7. The van der Waals surface area contributed by atoms with Crippen LogP contribution in [0.15, 0.2) is 54.6 Å². The molecule has 0 amide bonds. The van der Waals surface area contributed by atoms with Crippen LogP contribution in [-0.2, 0) is 22.5 Å². The maximum Gasteiger partial charge on any atom is 0.311 e. The second kappa shape index (κ2) is 16.4. The molecule has 1 atom stereocenters. The molecule has 2 aromatic rings. The van der Waals surface area contributed by atoms with Gasteiger partial charge in [-0.2, -0.15) is 0 Å². The number of carbonyl (C=O) groups excluding carboxylic acids is 1. The Hall–Kier alpha value is -2.33. The molecular weight excluding hydrogens is 434 g/mol. The van der Waals surface area contributed by atoms with Crippen molar-refractivity contribution < 1.29 is 18.8 Å². The monoisotopic (exact) mass is 482 g/mol. The van der Waals surface area contributed by atoms with E-state index >= 15 is 0 Å². The quantitative estimate of drug-likeness (QED) is 0.127. The zero-order valence-electron chi connectivity index (χ0n) is 22.6. The number of rotatable bonds is 18. The van der Waals surface area contributed by atoms with Gasteiger partial charge in [0.1, 0.15) is 25.0 Å². The van der Waals surface area contributed by atoms with Crippen LogP contribution in [0.1, 0.15) is 82.8 Å². The first-order chi connectivity index (χ1) is 16.9. The van der Waals surface area contributed by atoms with Gasteiger partial charge < -0.3 is 14.0 Å². The molecular formula is C31H48NO3+. The number of unbranched alkanes of at least 4 members (excludes halogenated alkanes) is 6. The van der Waals surface area contributed by atoms with Gasteiger partial charge in [0.05, 0.1) is 27.1 Å². The summed E-state index contributed by atoms with van der Waals surface area (Å²) in [5.41, 5.74) is 2.64. The third-order valence-electron chi connectivity index (χ3n) is 6.56.